The normalized spacial score (nSPS) is 10.5. The molecule has 0 aliphatic carbocycles. The smallest absolute Gasteiger partial charge is 0.413 e. The standard InChI is InChI=1S/C24H26N4O3/c1-5-27(24(30)31-4)21-14-19(18-9-7-17(3)8-10-18)13-20(15-21)23(29)28(6-2)22-16-25-11-12-26-22/h7-16H,5-6H2,1-4H3. The molecule has 2 aromatic carbocycles. The lowest BCUT2D eigenvalue weighted by Crippen LogP contribution is -2.33. The number of amides is 2. The van der Waals surface area contributed by atoms with Gasteiger partial charge in [-0.1, -0.05) is 29.8 Å². The number of carbonyl (C=O) groups excluding carboxylic acids is 2. The summed E-state index contributed by atoms with van der Waals surface area (Å²) in [5.74, 6) is 0.247. The van der Waals surface area contributed by atoms with E-state index in [-0.39, 0.29) is 5.91 Å². The summed E-state index contributed by atoms with van der Waals surface area (Å²) in [4.78, 5) is 37.1. The Morgan fingerprint density at radius 1 is 0.935 bits per heavy atom. The highest BCUT2D eigenvalue weighted by atomic mass is 16.5. The minimum Gasteiger partial charge on any atom is -0.452 e. The third-order valence-electron chi connectivity index (χ3n) is 4.96. The second kappa shape index (κ2) is 9.84. The third-order valence-corrected chi connectivity index (χ3v) is 4.96. The van der Waals surface area contributed by atoms with Gasteiger partial charge >= 0.3 is 6.09 Å². The third kappa shape index (κ3) is 4.88. The number of nitrogens with zero attached hydrogens (tertiary/aromatic N) is 4. The van der Waals surface area contributed by atoms with Gasteiger partial charge in [-0.3, -0.25) is 19.6 Å². The van der Waals surface area contributed by atoms with E-state index in [4.69, 9.17) is 4.74 Å². The maximum Gasteiger partial charge on any atom is 0.413 e. The van der Waals surface area contributed by atoms with E-state index < -0.39 is 6.09 Å². The highest BCUT2D eigenvalue weighted by molar-refractivity contribution is 6.07. The maximum atomic E-state index is 13.4. The van der Waals surface area contributed by atoms with Gasteiger partial charge in [0.15, 0.2) is 5.82 Å². The molecule has 3 rings (SSSR count). The van der Waals surface area contributed by atoms with Crippen LogP contribution in [0.4, 0.5) is 16.3 Å². The Labute approximate surface area is 182 Å². The Kier molecular flexibility index (Phi) is 6.97. The summed E-state index contributed by atoms with van der Waals surface area (Å²) in [6.07, 6.45) is 4.19. The van der Waals surface area contributed by atoms with Crippen molar-refractivity contribution in [1.82, 2.24) is 9.97 Å². The molecule has 7 nitrogen and oxygen atoms in total. The predicted molar refractivity (Wildman–Crippen MR) is 121 cm³/mol. The Hall–Kier alpha value is -3.74. The van der Waals surface area contributed by atoms with Crippen LogP contribution in [0.25, 0.3) is 11.1 Å². The van der Waals surface area contributed by atoms with Crippen LogP contribution < -0.4 is 9.80 Å². The van der Waals surface area contributed by atoms with Crippen molar-refractivity contribution >= 4 is 23.5 Å². The molecule has 31 heavy (non-hydrogen) atoms. The molecule has 0 fully saturated rings. The second-order valence-electron chi connectivity index (χ2n) is 6.96. The summed E-state index contributed by atoms with van der Waals surface area (Å²) >= 11 is 0. The van der Waals surface area contributed by atoms with E-state index in [2.05, 4.69) is 9.97 Å². The van der Waals surface area contributed by atoms with Gasteiger partial charge in [0, 0.05) is 36.7 Å². The number of rotatable bonds is 6. The maximum absolute atomic E-state index is 13.4. The van der Waals surface area contributed by atoms with Crippen LogP contribution in [0.5, 0.6) is 0 Å². The summed E-state index contributed by atoms with van der Waals surface area (Å²) in [5.41, 5.74) is 3.96. The molecule has 0 aliphatic rings. The van der Waals surface area contributed by atoms with Crippen LogP contribution in [-0.2, 0) is 4.74 Å². The van der Waals surface area contributed by atoms with Crippen molar-refractivity contribution in [2.45, 2.75) is 20.8 Å². The van der Waals surface area contributed by atoms with Gasteiger partial charge in [-0.2, -0.15) is 0 Å². The number of hydrogen-bond donors (Lipinski definition) is 0. The number of anilines is 2. The molecule has 0 bridgehead atoms. The van der Waals surface area contributed by atoms with Gasteiger partial charge < -0.3 is 4.74 Å². The van der Waals surface area contributed by atoms with E-state index in [1.54, 1.807) is 29.6 Å². The number of carbonyl (C=O) groups is 2. The van der Waals surface area contributed by atoms with Crippen molar-refractivity contribution in [2.24, 2.45) is 0 Å². The number of aryl methyl sites for hydroxylation is 1. The lowest BCUT2D eigenvalue weighted by molar-refractivity contribution is 0.0987. The minimum atomic E-state index is -0.483. The van der Waals surface area contributed by atoms with Crippen LogP contribution in [-0.4, -0.2) is 42.2 Å². The van der Waals surface area contributed by atoms with Crippen molar-refractivity contribution in [3.63, 3.8) is 0 Å². The average Bonchev–Trinajstić information content (AvgIpc) is 2.80. The zero-order valence-electron chi connectivity index (χ0n) is 18.2. The number of ether oxygens (including phenoxy) is 1. The van der Waals surface area contributed by atoms with Crippen LogP contribution in [0.1, 0.15) is 29.8 Å². The quantitative estimate of drug-likeness (QED) is 0.579. The number of methoxy groups -OCH3 is 1. The van der Waals surface area contributed by atoms with Gasteiger partial charge in [-0.25, -0.2) is 9.78 Å². The van der Waals surface area contributed by atoms with Crippen LogP contribution in [0.2, 0.25) is 0 Å². The fraction of sp³-hybridized carbons (Fsp3) is 0.250. The molecule has 3 aromatic rings. The molecule has 0 unspecified atom stereocenters. The van der Waals surface area contributed by atoms with Gasteiger partial charge in [0.05, 0.1) is 13.3 Å². The Morgan fingerprint density at radius 2 is 1.65 bits per heavy atom. The van der Waals surface area contributed by atoms with Crippen LogP contribution in [0, 0.1) is 6.92 Å². The summed E-state index contributed by atoms with van der Waals surface area (Å²) < 4.78 is 4.93. The molecule has 1 aromatic heterocycles. The van der Waals surface area contributed by atoms with Crippen LogP contribution >= 0.6 is 0 Å². The van der Waals surface area contributed by atoms with Gasteiger partial charge in [0.25, 0.3) is 5.91 Å². The molecule has 0 atom stereocenters. The summed E-state index contributed by atoms with van der Waals surface area (Å²) in [5, 5.41) is 0. The molecule has 160 valence electrons. The molecule has 0 radical (unpaired) electrons. The lowest BCUT2D eigenvalue weighted by atomic mass is 10.00. The Morgan fingerprint density at radius 3 is 2.23 bits per heavy atom. The minimum absolute atomic E-state index is 0.223. The molecule has 0 saturated carbocycles. The van der Waals surface area contributed by atoms with E-state index in [0.717, 1.165) is 16.7 Å². The molecular weight excluding hydrogens is 392 g/mol. The summed E-state index contributed by atoms with van der Waals surface area (Å²) in [6.45, 7) is 6.58. The number of hydrogen-bond acceptors (Lipinski definition) is 5. The highest BCUT2D eigenvalue weighted by Gasteiger charge is 2.22. The first-order chi connectivity index (χ1) is 15.0. The molecule has 7 heteroatoms. The first-order valence-corrected chi connectivity index (χ1v) is 10.1. The molecular formula is C24H26N4O3. The number of aromatic nitrogens is 2. The fourth-order valence-corrected chi connectivity index (χ4v) is 3.33. The molecule has 2 amide bonds. The Balaban J connectivity index is 2.13. The van der Waals surface area contributed by atoms with Crippen LogP contribution in [0.3, 0.4) is 0 Å². The monoisotopic (exact) mass is 418 g/mol. The second-order valence-corrected chi connectivity index (χ2v) is 6.96. The molecule has 0 saturated heterocycles. The zero-order chi connectivity index (χ0) is 22.4. The summed E-state index contributed by atoms with van der Waals surface area (Å²) in [7, 11) is 1.34. The molecule has 0 spiro atoms. The number of benzene rings is 2. The van der Waals surface area contributed by atoms with Gasteiger partial charge in [0.2, 0.25) is 0 Å². The summed E-state index contributed by atoms with van der Waals surface area (Å²) in [6, 6.07) is 13.5. The van der Waals surface area contributed by atoms with Crippen molar-refractivity contribution in [2.75, 3.05) is 30.0 Å². The first-order valence-electron chi connectivity index (χ1n) is 10.1. The van der Waals surface area contributed by atoms with Crippen molar-refractivity contribution in [3.05, 3.63) is 72.2 Å². The van der Waals surface area contributed by atoms with Gasteiger partial charge in [0.1, 0.15) is 0 Å². The topological polar surface area (TPSA) is 75.6 Å². The Bertz CT molecular complexity index is 1050. The highest BCUT2D eigenvalue weighted by Crippen LogP contribution is 2.29. The van der Waals surface area contributed by atoms with E-state index in [0.29, 0.717) is 30.2 Å². The first kappa shape index (κ1) is 22.0. The fourth-order valence-electron chi connectivity index (χ4n) is 3.33. The largest absolute Gasteiger partial charge is 0.452 e. The van der Waals surface area contributed by atoms with E-state index in [9.17, 15) is 9.59 Å². The average molecular weight is 418 g/mol. The van der Waals surface area contributed by atoms with Gasteiger partial charge in [-0.05, 0) is 50.1 Å². The van der Waals surface area contributed by atoms with Crippen molar-refractivity contribution in [3.8, 4) is 11.1 Å². The SMILES string of the molecule is CCN(C(=O)OC)c1cc(C(=O)N(CC)c2cnccn2)cc(-c2ccc(C)cc2)c1. The van der Waals surface area contributed by atoms with E-state index in [1.807, 2.05) is 57.2 Å². The lowest BCUT2D eigenvalue weighted by Gasteiger charge is -2.23. The van der Waals surface area contributed by atoms with E-state index >= 15 is 0 Å². The molecule has 0 aliphatic heterocycles. The molecule has 0 N–H and O–H groups in total. The molecule has 1 heterocycles. The zero-order valence-corrected chi connectivity index (χ0v) is 18.2. The van der Waals surface area contributed by atoms with Crippen molar-refractivity contribution < 1.29 is 14.3 Å². The van der Waals surface area contributed by atoms with Crippen molar-refractivity contribution in [1.29, 1.82) is 0 Å². The van der Waals surface area contributed by atoms with E-state index in [1.165, 1.54) is 12.0 Å². The van der Waals surface area contributed by atoms with Crippen LogP contribution in [0.15, 0.2) is 61.1 Å². The van der Waals surface area contributed by atoms with Gasteiger partial charge in [-0.15, -0.1) is 0 Å². The predicted octanol–water partition coefficient (Wildman–Crippen LogP) is 4.71.